The van der Waals surface area contributed by atoms with Crippen molar-refractivity contribution in [2.45, 2.75) is 84.9 Å². The Morgan fingerprint density at radius 1 is 1.00 bits per heavy atom. The SMILES string of the molecule is CCCCC[C@@H](C(=O)NCNC(=O)c1ccco1)[C@@H](CC)N(C=O)OC(=O)c1ccc(CNC(=O)OC(C)(C)C)cc1. The Bertz CT molecular complexity index is 1160. The molecule has 0 saturated heterocycles. The molecule has 0 spiro atoms. The average molecular weight is 587 g/mol. The Morgan fingerprint density at radius 3 is 2.29 bits per heavy atom. The number of carbonyl (C=O) groups excluding carboxylic acids is 5. The molecule has 0 saturated carbocycles. The molecule has 0 aliphatic heterocycles. The zero-order valence-electron chi connectivity index (χ0n) is 24.9. The molecule has 2 atom stereocenters. The van der Waals surface area contributed by atoms with Gasteiger partial charge < -0.3 is 29.9 Å². The van der Waals surface area contributed by atoms with Crippen molar-refractivity contribution in [1.29, 1.82) is 0 Å². The summed E-state index contributed by atoms with van der Waals surface area (Å²) in [7, 11) is 0. The Morgan fingerprint density at radius 2 is 1.71 bits per heavy atom. The number of hydrogen-bond donors (Lipinski definition) is 3. The van der Waals surface area contributed by atoms with Crippen LogP contribution >= 0.6 is 0 Å². The number of hydrogen-bond acceptors (Lipinski definition) is 8. The predicted molar refractivity (Wildman–Crippen MR) is 154 cm³/mol. The van der Waals surface area contributed by atoms with Gasteiger partial charge in [0.2, 0.25) is 12.3 Å². The van der Waals surface area contributed by atoms with Gasteiger partial charge >= 0.3 is 12.1 Å². The Labute approximate surface area is 246 Å². The fourth-order valence-corrected chi connectivity index (χ4v) is 4.15. The number of rotatable bonds is 16. The van der Waals surface area contributed by atoms with E-state index >= 15 is 0 Å². The van der Waals surface area contributed by atoms with Gasteiger partial charge in [-0.25, -0.2) is 9.59 Å². The molecule has 12 nitrogen and oxygen atoms in total. The molecule has 2 rings (SSSR count). The second-order valence-electron chi connectivity index (χ2n) is 10.7. The third kappa shape index (κ3) is 11.3. The molecule has 0 aliphatic rings. The number of hydroxylamine groups is 2. The molecule has 1 heterocycles. The fraction of sp³-hybridized carbons (Fsp3) is 0.500. The van der Waals surface area contributed by atoms with Crippen LogP contribution in [0, 0.1) is 5.92 Å². The first-order chi connectivity index (χ1) is 20.0. The molecule has 0 bridgehead atoms. The van der Waals surface area contributed by atoms with E-state index in [0.717, 1.165) is 29.9 Å². The molecule has 0 aliphatic carbocycles. The maximum Gasteiger partial charge on any atom is 0.407 e. The quantitative estimate of drug-likeness (QED) is 0.114. The first-order valence-corrected chi connectivity index (χ1v) is 14.1. The van der Waals surface area contributed by atoms with Crippen molar-refractivity contribution in [3.8, 4) is 0 Å². The smallest absolute Gasteiger partial charge is 0.407 e. The van der Waals surface area contributed by atoms with E-state index in [0.29, 0.717) is 19.3 Å². The van der Waals surface area contributed by atoms with Crippen LogP contribution in [-0.4, -0.2) is 53.7 Å². The summed E-state index contributed by atoms with van der Waals surface area (Å²) in [5, 5.41) is 8.77. The number of nitrogens with one attached hydrogen (secondary N) is 3. The fourth-order valence-electron chi connectivity index (χ4n) is 4.15. The highest BCUT2D eigenvalue weighted by atomic mass is 16.7. The Balaban J connectivity index is 2.03. The molecular formula is C30H42N4O8. The average Bonchev–Trinajstić information content (AvgIpc) is 3.49. The number of amides is 4. The normalized spacial score (nSPS) is 12.4. The van der Waals surface area contributed by atoms with Gasteiger partial charge in [0.1, 0.15) is 5.60 Å². The lowest BCUT2D eigenvalue weighted by atomic mass is 9.90. The van der Waals surface area contributed by atoms with E-state index in [1.54, 1.807) is 45.9 Å². The van der Waals surface area contributed by atoms with E-state index in [9.17, 15) is 24.0 Å². The molecule has 3 N–H and O–H groups in total. The Kier molecular flexibility index (Phi) is 13.5. The van der Waals surface area contributed by atoms with Crippen LogP contribution < -0.4 is 16.0 Å². The van der Waals surface area contributed by atoms with Crippen molar-refractivity contribution in [2.75, 3.05) is 6.67 Å². The van der Waals surface area contributed by atoms with Crippen LogP contribution in [0.2, 0.25) is 0 Å². The van der Waals surface area contributed by atoms with E-state index in [1.807, 2.05) is 6.92 Å². The minimum atomic E-state index is -0.773. The van der Waals surface area contributed by atoms with Gasteiger partial charge in [0.25, 0.3) is 5.91 Å². The predicted octanol–water partition coefficient (Wildman–Crippen LogP) is 4.31. The van der Waals surface area contributed by atoms with Crippen LogP contribution in [0.1, 0.15) is 93.2 Å². The summed E-state index contributed by atoms with van der Waals surface area (Å²) in [6.07, 6.45) is 4.53. The van der Waals surface area contributed by atoms with Gasteiger partial charge in [-0.05, 0) is 63.4 Å². The number of unbranched alkanes of at least 4 members (excludes halogenated alkanes) is 2. The molecule has 230 valence electrons. The lowest BCUT2D eigenvalue weighted by Gasteiger charge is -2.31. The van der Waals surface area contributed by atoms with E-state index in [2.05, 4.69) is 16.0 Å². The van der Waals surface area contributed by atoms with Gasteiger partial charge in [-0.2, -0.15) is 5.06 Å². The third-order valence-electron chi connectivity index (χ3n) is 6.24. The van der Waals surface area contributed by atoms with Crippen molar-refractivity contribution in [3.05, 3.63) is 59.5 Å². The van der Waals surface area contributed by atoms with Gasteiger partial charge in [0.05, 0.1) is 30.5 Å². The van der Waals surface area contributed by atoms with Gasteiger partial charge in [-0.3, -0.25) is 14.4 Å². The molecule has 0 radical (unpaired) electrons. The van der Waals surface area contributed by atoms with Crippen LogP contribution in [-0.2, 0) is 25.7 Å². The number of carbonyl (C=O) groups is 5. The summed E-state index contributed by atoms with van der Waals surface area (Å²) in [5.74, 6) is -2.22. The maximum absolute atomic E-state index is 13.2. The zero-order chi connectivity index (χ0) is 31.1. The first kappa shape index (κ1) is 33.9. The maximum atomic E-state index is 13.2. The largest absolute Gasteiger partial charge is 0.459 e. The van der Waals surface area contributed by atoms with E-state index in [-0.39, 0.29) is 30.4 Å². The lowest BCUT2D eigenvalue weighted by molar-refractivity contribution is -0.171. The number of benzene rings is 1. The summed E-state index contributed by atoms with van der Waals surface area (Å²) < 4.78 is 10.3. The summed E-state index contributed by atoms with van der Waals surface area (Å²) in [5.41, 5.74) is 0.290. The minimum absolute atomic E-state index is 0.113. The molecule has 12 heteroatoms. The Hall–Kier alpha value is -4.35. The molecular weight excluding hydrogens is 544 g/mol. The van der Waals surface area contributed by atoms with Gasteiger partial charge in [-0.15, -0.1) is 0 Å². The monoisotopic (exact) mass is 586 g/mol. The number of ether oxygens (including phenoxy) is 1. The van der Waals surface area contributed by atoms with Crippen LogP contribution in [0.5, 0.6) is 0 Å². The van der Waals surface area contributed by atoms with Crippen LogP contribution in [0.15, 0.2) is 47.1 Å². The number of nitrogens with zero attached hydrogens (tertiary/aromatic N) is 1. The number of furan rings is 1. The van der Waals surface area contributed by atoms with Crippen LogP contribution in [0.3, 0.4) is 0 Å². The van der Waals surface area contributed by atoms with Gasteiger partial charge in [0, 0.05) is 6.54 Å². The first-order valence-electron chi connectivity index (χ1n) is 14.1. The second kappa shape index (κ2) is 16.8. The van der Waals surface area contributed by atoms with Crippen molar-refractivity contribution in [1.82, 2.24) is 21.0 Å². The summed E-state index contributed by atoms with van der Waals surface area (Å²) >= 11 is 0. The standard InChI is InChI=1S/C30H42N4O8/c1-6-8-9-11-23(26(36)32-19-33-27(37)25-12-10-17-40-25)24(7-2)34(20-35)42-28(38)22-15-13-21(14-16-22)18-31-29(39)41-30(3,4)5/h10,12-17,20,23-24H,6-9,11,18-19H2,1-5H3,(H,31,39)(H,32,36)(H,33,37)/t23-,24-/m1/s1. The van der Waals surface area contributed by atoms with Gasteiger partial charge in [0.15, 0.2) is 5.76 Å². The molecule has 1 aromatic carbocycles. The van der Waals surface area contributed by atoms with Crippen molar-refractivity contribution in [2.24, 2.45) is 5.92 Å². The summed E-state index contributed by atoms with van der Waals surface area (Å²) in [6, 6.07) is 8.68. The topological polar surface area (TPSA) is 156 Å². The molecule has 4 amide bonds. The molecule has 42 heavy (non-hydrogen) atoms. The van der Waals surface area contributed by atoms with Crippen molar-refractivity contribution < 1.29 is 38.0 Å². The van der Waals surface area contributed by atoms with E-state index in [4.69, 9.17) is 14.0 Å². The van der Waals surface area contributed by atoms with Crippen molar-refractivity contribution >= 4 is 30.3 Å². The highest BCUT2D eigenvalue weighted by Crippen LogP contribution is 2.22. The molecule has 0 fully saturated rings. The molecule has 1 aromatic heterocycles. The van der Waals surface area contributed by atoms with Crippen LogP contribution in [0.25, 0.3) is 0 Å². The highest BCUT2D eigenvalue weighted by Gasteiger charge is 2.33. The van der Waals surface area contributed by atoms with Crippen molar-refractivity contribution in [3.63, 3.8) is 0 Å². The zero-order valence-corrected chi connectivity index (χ0v) is 24.9. The van der Waals surface area contributed by atoms with Gasteiger partial charge in [-0.1, -0.05) is 45.2 Å². The second-order valence-corrected chi connectivity index (χ2v) is 10.7. The van der Waals surface area contributed by atoms with Crippen LogP contribution in [0.4, 0.5) is 4.79 Å². The highest BCUT2D eigenvalue weighted by molar-refractivity contribution is 5.91. The lowest BCUT2D eigenvalue weighted by Crippen LogP contribution is -2.49. The number of alkyl carbamates (subject to hydrolysis) is 1. The minimum Gasteiger partial charge on any atom is -0.459 e. The molecule has 0 unspecified atom stereocenters. The van der Waals surface area contributed by atoms with E-state index < -0.39 is 35.5 Å². The summed E-state index contributed by atoms with van der Waals surface area (Å²) in [4.78, 5) is 67.6. The summed E-state index contributed by atoms with van der Waals surface area (Å²) in [6.45, 7) is 9.18. The molecule has 2 aromatic rings. The third-order valence-corrected chi connectivity index (χ3v) is 6.24. The van der Waals surface area contributed by atoms with E-state index in [1.165, 1.54) is 24.5 Å².